The average molecular weight is 314 g/mol. The van der Waals surface area contributed by atoms with Gasteiger partial charge in [-0.3, -0.25) is 14.4 Å². The van der Waals surface area contributed by atoms with E-state index in [1.807, 2.05) is 6.08 Å². The van der Waals surface area contributed by atoms with E-state index in [0.717, 1.165) is 43.6 Å². The Bertz CT molecular complexity index is 458. The van der Waals surface area contributed by atoms with Gasteiger partial charge in [0.25, 0.3) is 0 Å². The molecule has 1 aliphatic heterocycles. The first-order valence-electron chi connectivity index (χ1n) is 7.63. The standard InChI is InChI=1S/C15H24F2N4O/c1-2-3-4-13(22)11-19-7-9-20(10-8-19)12-14-18-5-6-21(14)15(16)17/h2,5-6,13,15,22H,1,3-4,7-12H2. The van der Waals surface area contributed by atoms with E-state index >= 15 is 0 Å². The van der Waals surface area contributed by atoms with Gasteiger partial charge in [0.05, 0.1) is 12.6 Å². The molecule has 0 aromatic carbocycles. The fraction of sp³-hybridized carbons (Fsp3) is 0.667. The summed E-state index contributed by atoms with van der Waals surface area (Å²) in [6, 6.07) is 0. The van der Waals surface area contributed by atoms with Gasteiger partial charge in [-0.1, -0.05) is 6.08 Å². The lowest BCUT2D eigenvalue weighted by Gasteiger charge is -2.35. The molecule has 124 valence electrons. The molecular formula is C15H24F2N4O. The van der Waals surface area contributed by atoms with Gasteiger partial charge in [-0.05, 0) is 12.8 Å². The van der Waals surface area contributed by atoms with E-state index in [9.17, 15) is 13.9 Å². The Balaban J connectivity index is 1.75. The SMILES string of the molecule is C=CCCC(O)CN1CCN(Cc2nccn2C(F)F)CC1. The molecule has 1 N–H and O–H groups in total. The smallest absolute Gasteiger partial charge is 0.319 e. The summed E-state index contributed by atoms with van der Waals surface area (Å²) in [6.07, 6.45) is 5.75. The van der Waals surface area contributed by atoms with Crippen molar-refractivity contribution in [3.8, 4) is 0 Å². The molecule has 0 aliphatic carbocycles. The molecule has 2 rings (SSSR count). The summed E-state index contributed by atoms with van der Waals surface area (Å²) in [6.45, 7) is 5.46. The summed E-state index contributed by atoms with van der Waals surface area (Å²) < 4.78 is 26.5. The zero-order valence-electron chi connectivity index (χ0n) is 12.7. The van der Waals surface area contributed by atoms with Gasteiger partial charge in [-0.25, -0.2) is 4.98 Å². The Morgan fingerprint density at radius 1 is 1.27 bits per heavy atom. The number of allylic oxidation sites excluding steroid dienone is 1. The zero-order chi connectivity index (χ0) is 15.9. The molecule has 1 saturated heterocycles. The third kappa shape index (κ3) is 4.86. The van der Waals surface area contributed by atoms with E-state index in [4.69, 9.17) is 0 Å². The largest absolute Gasteiger partial charge is 0.392 e. The number of aromatic nitrogens is 2. The van der Waals surface area contributed by atoms with Crippen LogP contribution in [0.4, 0.5) is 8.78 Å². The number of rotatable bonds is 8. The summed E-state index contributed by atoms with van der Waals surface area (Å²) in [7, 11) is 0. The highest BCUT2D eigenvalue weighted by Gasteiger charge is 2.21. The maximum absolute atomic E-state index is 12.8. The van der Waals surface area contributed by atoms with Gasteiger partial charge in [0.15, 0.2) is 0 Å². The summed E-state index contributed by atoms with van der Waals surface area (Å²) in [4.78, 5) is 8.34. The van der Waals surface area contributed by atoms with Crippen LogP contribution in [0.25, 0.3) is 0 Å². The molecule has 1 aliphatic rings. The topological polar surface area (TPSA) is 44.5 Å². The number of piperazine rings is 1. The van der Waals surface area contributed by atoms with Crippen molar-refractivity contribution in [1.29, 1.82) is 0 Å². The number of hydrogen-bond donors (Lipinski definition) is 1. The van der Waals surface area contributed by atoms with Gasteiger partial charge in [-0.2, -0.15) is 8.78 Å². The number of aliphatic hydroxyl groups is 1. The van der Waals surface area contributed by atoms with E-state index in [-0.39, 0.29) is 6.10 Å². The lowest BCUT2D eigenvalue weighted by Crippen LogP contribution is -2.48. The summed E-state index contributed by atoms with van der Waals surface area (Å²) in [5.41, 5.74) is 0. The zero-order valence-corrected chi connectivity index (χ0v) is 12.7. The van der Waals surface area contributed by atoms with Gasteiger partial charge in [0, 0.05) is 45.1 Å². The van der Waals surface area contributed by atoms with E-state index in [1.54, 1.807) is 0 Å². The molecule has 2 heterocycles. The van der Waals surface area contributed by atoms with Crippen molar-refractivity contribution in [3.05, 3.63) is 30.9 Å². The maximum atomic E-state index is 12.8. The fourth-order valence-corrected chi connectivity index (χ4v) is 2.67. The van der Waals surface area contributed by atoms with Crippen molar-refractivity contribution in [2.45, 2.75) is 32.0 Å². The monoisotopic (exact) mass is 314 g/mol. The van der Waals surface area contributed by atoms with E-state index in [0.29, 0.717) is 18.9 Å². The maximum Gasteiger partial charge on any atom is 0.319 e. The van der Waals surface area contributed by atoms with Crippen LogP contribution in [0.3, 0.4) is 0 Å². The summed E-state index contributed by atoms with van der Waals surface area (Å²) in [5, 5.41) is 9.90. The fourth-order valence-electron chi connectivity index (χ4n) is 2.67. The molecule has 0 bridgehead atoms. The van der Waals surface area contributed by atoms with Crippen LogP contribution in [-0.4, -0.2) is 63.3 Å². The Hall–Kier alpha value is -1.31. The number of imidazole rings is 1. The van der Waals surface area contributed by atoms with Gasteiger partial charge >= 0.3 is 6.55 Å². The van der Waals surface area contributed by atoms with E-state index in [1.165, 1.54) is 12.4 Å². The van der Waals surface area contributed by atoms with Crippen molar-refractivity contribution in [3.63, 3.8) is 0 Å². The number of halogens is 2. The summed E-state index contributed by atoms with van der Waals surface area (Å²) in [5.74, 6) is 0.398. The molecule has 0 saturated carbocycles. The second-order valence-corrected chi connectivity index (χ2v) is 5.63. The molecule has 22 heavy (non-hydrogen) atoms. The molecule has 1 atom stereocenters. The number of nitrogens with zero attached hydrogens (tertiary/aromatic N) is 4. The summed E-state index contributed by atoms with van der Waals surface area (Å²) >= 11 is 0. The Kier molecular flexibility index (Phi) is 6.48. The minimum absolute atomic E-state index is 0.331. The number of alkyl halides is 2. The van der Waals surface area contributed by atoms with Crippen LogP contribution in [0.15, 0.2) is 25.0 Å². The van der Waals surface area contributed by atoms with Crippen LogP contribution in [0.2, 0.25) is 0 Å². The molecular weight excluding hydrogens is 290 g/mol. The Morgan fingerprint density at radius 3 is 2.59 bits per heavy atom. The normalized spacial score (nSPS) is 18.7. The molecule has 1 unspecified atom stereocenters. The van der Waals surface area contributed by atoms with Crippen molar-refractivity contribution in [2.75, 3.05) is 32.7 Å². The predicted octanol–water partition coefficient (Wildman–Crippen LogP) is 1.72. The van der Waals surface area contributed by atoms with E-state index < -0.39 is 6.55 Å². The highest BCUT2D eigenvalue weighted by molar-refractivity contribution is 4.93. The molecule has 1 aromatic heterocycles. The lowest BCUT2D eigenvalue weighted by molar-refractivity contribution is 0.0525. The number of β-amino-alcohol motifs (C(OH)–C–C–N with tert-alkyl or cyclic N) is 1. The second kappa shape index (κ2) is 8.36. The van der Waals surface area contributed by atoms with Gasteiger partial charge in [-0.15, -0.1) is 6.58 Å². The molecule has 1 aromatic rings. The highest BCUT2D eigenvalue weighted by atomic mass is 19.3. The third-order valence-corrected chi connectivity index (χ3v) is 3.96. The number of hydrogen-bond acceptors (Lipinski definition) is 4. The minimum Gasteiger partial charge on any atom is -0.392 e. The first-order chi connectivity index (χ1) is 10.6. The van der Waals surface area contributed by atoms with Gasteiger partial charge in [0.2, 0.25) is 0 Å². The molecule has 7 heteroatoms. The first kappa shape index (κ1) is 17.1. The van der Waals surface area contributed by atoms with E-state index in [2.05, 4.69) is 21.4 Å². The molecule has 1 fully saturated rings. The highest BCUT2D eigenvalue weighted by Crippen LogP contribution is 2.15. The Morgan fingerprint density at radius 2 is 1.95 bits per heavy atom. The molecule has 5 nitrogen and oxygen atoms in total. The minimum atomic E-state index is -2.54. The van der Waals surface area contributed by atoms with Crippen LogP contribution in [-0.2, 0) is 6.54 Å². The van der Waals surface area contributed by atoms with Crippen LogP contribution < -0.4 is 0 Å². The Labute approximate surface area is 129 Å². The van der Waals surface area contributed by atoms with Gasteiger partial charge in [0.1, 0.15) is 5.82 Å². The molecule has 0 spiro atoms. The lowest BCUT2D eigenvalue weighted by atomic mass is 10.1. The first-order valence-corrected chi connectivity index (χ1v) is 7.63. The van der Waals surface area contributed by atoms with Crippen LogP contribution in [0, 0.1) is 0 Å². The van der Waals surface area contributed by atoms with Crippen LogP contribution >= 0.6 is 0 Å². The molecule has 0 radical (unpaired) electrons. The molecule has 0 amide bonds. The van der Waals surface area contributed by atoms with Crippen molar-refractivity contribution in [2.24, 2.45) is 0 Å². The predicted molar refractivity (Wildman–Crippen MR) is 80.6 cm³/mol. The number of aliphatic hydroxyl groups excluding tert-OH is 1. The average Bonchev–Trinajstić information content (AvgIpc) is 2.95. The van der Waals surface area contributed by atoms with Crippen molar-refractivity contribution < 1.29 is 13.9 Å². The van der Waals surface area contributed by atoms with Crippen molar-refractivity contribution >= 4 is 0 Å². The van der Waals surface area contributed by atoms with Crippen LogP contribution in [0.1, 0.15) is 25.2 Å². The van der Waals surface area contributed by atoms with Crippen molar-refractivity contribution in [1.82, 2.24) is 19.4 Å². The van der Waals surface area contributed by atoms with Gasteiger partial charge < -0.3 is 5.11 Å². The third-order valence-electron chi connectivity index (χ3n) is 3.96. The van der Waals surface area contributed by atoms with Crippen LogP contribution in [0.5, 0.6) is 0 Å². The second-order valence-electron chi connectivity index (χ2n) is 5.63. The quantitative estimate of drug-likeness (QED) is 0.742.